The summed E-state index contributed by atoms with van der Waals surface area (Å²) in [6.45, 7) is 2.58. The van der Waals surface area contributed by atoms with Gasteiger partial charge in [0.25, 0.3) is 0 Å². The fourth-order valence-corrected chi connectivity index (χ4v) is 6.37. The van der Waals surface area contributed by atoms with Crippen LogP contribution in [0.25, 0.3) is 0 Å². The van der Waals surface area contributed by atoms with E-state index in [1.807, 2.05) is 12.1 Å². The van der Waals surface area contributed by atoms with Gasteiger partial charge in [-0.15, -0.1) is 0 Å². The highest BCUT2D eigenvalue weighted by atomic mass is 16.5. The van der Waals surface area contributed by atoms with Crippen LogP contribution in [0, 0.1) is 12.8 Å². The highest BCUT2D eigenvalue weighted by Crippen LogP contribution is 2.62. The first-order chi connectivity index (χ1) is 16.2. The molecule has 1 fully saturated rings. The van der Waals surface area contributed by atoms with E-state index in [0.29, 0.717) is 23.3 Å². The molecule has 1 saturated heterocycles. The fraction of sp³-hybridized carbons (Fsp3) is 0.385. The quantitative estimate of drug-likeness (QED) is 0.499. The summed E-state index contributed by atoms with van der Waals surface area (Å²) in [7, 11) is 2.19. The highest BCUT2D eigenvalue weighted by molar-refractivity contribution is 6.02. The van der Waals surface area contributed by atoms with Crippen molar-refractivity contribution in [3.05, 3.63) is 70.3 Å². The molecule has 5 atom stereocenters. The van der Waals surface area contributed by atoms with Gasteiger partial charge in [-0.1, -0.05) is 30.4 Å². The van der Waals surface area contributed by atoms with Crippen molar-refractivity contribution < 1.29 is 34.8 Å². The van der Waals surface area contributed by atoms with Crippen molar-refractivity contribution in [2.75, 3.05) is 13.6 Å². The lowest BCUT2D eigenvalue weighted by atomic mass is 9.53. The molecule has 0 unspecified atom stereocenters. The molecular weight excluding hydrogens is 438 g/mol. The number of phenols is 1. The Morgan fingerprint density at radius 2 is 1.88 bits per heavy atom. The van der Waals surface area contributed by atoms with Gasteiger partial charge in [0.2, 0.25) is 0 Å². The van der Waals surface area contributed by atoms with Crippen LogP contribution >= 0.6 is 0 Å². The standard InChI is InChI=1S/C17H19NO3.C9H8O4/c1-18-7-6-17-10-3-5-13(20)16(17)21-15-12(19)4-2-9(14(15)17)8-11(10)18;1-5-3-2-4-6(8(10)11)7(5)9(12)13/h2-5,10-11,13,16,19-20H,6-8H2,1H3;2-4H,1H3,(H,10,11)(H,12,13)/t10-,11+,13-,16-,17-;/m0./s1. The molecule has 0 amide bonds. The van der Waals surface area contributed by atoms with Crippen molar-refractivity contribution >= 4 is 11.9 Å². The average Bonchev–Trinajstić information content (AvgIpc) is 3.15. The molecule has 178 valence electrons. The van der Waals surface area contributed by atoms with Gasteiger partial charge in [0.05, 0.1) is 11.1 Å². The van der Waals surface area contributed by atoms with Gasteiger partial charge in [-0.25, -0.2) is 9.59 Å². The van der Waals surface area contributed by atoms with Gasteiger partial charge >= 0.3 is 11.9 Å². The number of likely N-dealkylation sites (N-methyl/N-ethyl adjacent to an activating group) is 1. The zero-order valence-electron chi connectivity index (χ0n) is 18.9. The molecule has 2 aliphatic carbocycles. The monoisotopic (exact) mass is 465 g/mol. The molecule has 2 heterocycles. The minimum atomic E-state index is -1.22. The number of carboxylic acid groups (broad SMARTS) is 2. The molecule has 4 aliphatic rings. The second-order valence-corrected chi connectivity index (χ2v) is 9.54. The molecule has 8 heteroatoms. The Morgan fingerprint density at radius 1 is 1.12 bits per heavy atom. The SMILES string of the molecule is CN1CC[C@]23c4c5ccc(O)c4O[C@H]2[C@@H](O)C=C[C@H]3[C@H]1C5.Cc1cccc(C(=O)O)c1C(=O)O. The first-order valence-electron chi connectivity index (χ1n) is 11.3. The number of carboxylic acids is 2. The van der Waals surface area contributed by atoms with E-state index in [2.05, 4.69) is 18.0 Å². The normalized spacial score (nSPS) is 30.0. The van der Waals surface area contributed by atoms with E-state index in [1.165, 1.54) is 23.3 Å². The zero-order valence-corrected chi connectivity index (χ0v) is 18.9. The average molecular weight is 466 g/mol. The predicted molar refractivity (Wildman–Crippen MR) is 123 cm³/mol. The maximum atomic E-state index is 10.7. The summed E-state index contributed by atoms with van der Waals surface area (Å²) < 4.78 is 6.09. The predicted octanol–water partition coefficient (Wildman–Crippen LogP) is 2.59. The minimum absolute atomic E-state index is 0.144. The third kappa shape index (κ3) is 3.05. The maximum Gasteiger partial charge on any atom is 0.336 e. The van der Waals surface area contributed by atoms with Crippen LogP contribution in [0.5, 0.6) is 11.5 Å². The molecule has 2 aromatic rings. The molecule has 0 radical (unpaired) electrons. The van der Waals surface area contributed by atoms with E-state index in [4.69, 9.17) is 14.9 Å². The van der Waals surface area contributed by atoms with Gasteiger partial charge in [0, 0.05) is 22.9 Å². The maximum absolute atomic E-state index is 10.7. The van der Waals surface area contributed by atoms with Gasteiger partial charge < -0.3 is 30.1 Å². The summed E-state index contributed by atoms with van der Waals surface area (Å²) in [6.07, 6.45) is 5.18. The number of nitrogens with zero attached hydrogens (tertiary/aromatic N) is 1. The molecule has 0 aromatic heterocycles. The zero-order chi connectivity index (χ0) is 24.4. The number of aromatic hydroxyl groups is 1. The fourth-order valence-electron chi connectivity index (χ4n) is 6.37. The van der Waals surface area contributed by atoms with Crippen molar-refractivity contribution in [2.45, 2.75) is 43.4 Å². The van der Waals surface area contributed by atoms with Gasteiger partial charge in [-0.3, -0.25) is 0 Å². The van der Waals surface area contributed by atoms with E-state index in [9.17, 15) is 19.8 Å². The number of carbonyl (C=O) groups is 2. The Hall–Kier alpha value is -3.36. The number of hydrogen-bond acceptors (Lipinski definition) is 6. The van der Waals surface area contributed by atoms with Crippen LogP contribution in [-0.4, -0.2) is 69.1 Å². The van der Waals surface area contributed by atoms with Crippen LogP contribution in [0.3, 0.4) is 0 Å². The molecule has 4 N–H and O–H groups in total. The van der Waals surface area contributed by atoms with E-state index in [0.717, 1.165) is 19.4 Å². The number of ether oxygens (including phenoxy) is 1. The number of aromatic carboxylic acids is 2. The van der Waals surface area contributed by atoms with Crippen LogP contribution in [0.2, 0.25) is 0 Å². The molecule has 2 aromatic carbocycles. The summed E-state index contributed by atoms with van der Waals surface area (Å²) in [5, 5.41) is 38.1. The molecule has 6 rings (SSSR count). The Labute approximate surface area is 196 Å². The number of likely N-dealkylation sites (tertiary alicyclic amines) is 1. The van der Waals surface area contributed by atoms with Gasteiger partial charge in [0.1, 0.15) is 12.2 Å². The van der Waals surface area contributed by atoms with Gasteiger partial charge in [-0.2, -0.15) is 0 Å². The van der Waals surface area contributed by atoms with E-state index < -0.39 is 18.0 Å². The van der Waals surface area contributed by atoms with Crippen LogP contribution in [0.15, 0.2) is 42.5 Å². The largest absolute Gasteiger partial charge is 0.504 e. The topological polar surface area (TPSA) is 128 Å². The van der Waals surface area contributed by atoms with Crippen LogP contribution < -0.4 is 4.74 Å². The smallest absolute Gasteiger partial charge is 0.336 e. The molecule has 34 heavy (non-hydrogen) atoms. The van der Waals surface area contributed by atoms with Crippen molar-refractivity contribution in [1.29, 1.82) is 0 Å². The lowest BCUT2D eigenvalue weighted by molar-refractivity contribution is -0.0453. The summed E-state index contributed by atoms with van der Waals surface area (Å²) in [6, 6.07) is 8.59. The Morgan fingerprint density at radius 3 is 2.56 bits per heavy atom. The molecule has 2 aliphatic heterocycles. The Bertz CT molecular complexity index is 1220. The summed E-state index contributed by atoms with van der Waals surface area (Å²) in [5.41, 5.74) is 2.42. The number of phenolic OH excluding ortho intramolecular Hbond substituents is 1. The number of aliphatic hydroxyl groups excluding tert-OH is 1. The molecule has 8 nitrogen and oxygen atoms in total. The van der Waals surface area contributed by atoms with E-state index in [1.54, 1.807) is 19.1 Å². The van der Waals surface area contributed by atoms with E-state index >= 15 is 0 Å². The first kappa shape index (κ1) is 22.4. The van der Waals surface area contributed by atoms with E-state index in [-0.39, 0.29) is 28.4 Å². The number of rotatable bonds is 2. The third-order valence-corrected chi connectivity index (χ3v) is 7.87. The lowest BCUT2D eigenvalue weighted by Gasteiger charge is -2.56. The summed E-state index contributed by atoms with van der Waals surface area (Å²) >= 11 is 0. The second-order valence-electron chi connectivity index (χ2n) is 9.54. The van der Waals surface area contributed by atoms with Crippen LogP contribution in [0.4, 0.5) is 0 Å². The van der Waals surface area contributed by atoms with Gasteiger partial charge in [-0.05, 0) is 56.6 Å². The summed E-state index contributed by atoms with van der Waals surface area (Å²) in [4.78, 5) is 23.7. The Balaban J connectivity index is 0.000000161. The lowest BCUT2D eigenvalue weighted by Crippen LogP contribution is -2.64. The van der Waals surface area contributed by atoms with Crippen molar-refractivity contribution in [3.8, 4) is 11.5 Å². The second kappa shape index (κ2) is 7.85. The molecule has 0 saturated carbocycles. The van der Waals surface area contributed by atoms with Crippen LogP contribution in [-0.2, 0) is 11.8 Å². The number of hydrogen-bond donors (Lipinski definition) is 4. The van der Waals surface area contributed by atoms with Crippen LogP contribution in [0.1, 0.15) is 43.8 Å². The van der Waals surface area contributed by atoms with Gasteiger partial charge in [0.15, 0.2) is 11.5 Å². The molecule has 1 spiro atoms. The molecule has 2 bridgehead atoms. The number of aryl methyl sites for hydroxylation is 1. The molecular formula is C26H27NO7. The Kier molecular flexibility index (Phi) is 5.18. The van der Waals surface area contributed by atoms with Crippen molar-refractivity contribution in [3.63, 3.8) is 0 Å². The number of piperidine rings is 1. The summed E-state index contributed by atoms with van der Waals surface area (Å²) in [5.74, 6) is -1.24. The minimum Gasteiger partial charge on any atom is -0.504 e. The third-order valence-electron chi connectivity index (χ3n) is 7.87. The highest BCUT2D eigenvalue weighted by Gasteiger charge is 2.64. The number of aliphatic hydroxyl groups is 1. The van der Waals surface area contributed by atoms with Crippen molar-refractivity contribution in [2.24, 2.45) is 5.92 Å². The number of benzene rings is 2. The first-order valence-corrected chi connectivity index (χ1v) is 11.3. The van der Waals surface area contributed by atoms with Crippen molar-refractivity contribution in [1.82, 2.24) is 4.90 Å².